The molecule has 1 amide bonds. The van der Waals surface area contributed by atoms with E-state index in [1.54, 1.807) is 0 Å². The second kappa shape index (κ2) is 6.19. The van der Waals surface area contributed by atoms with Gasteiger partial charge in [-0.1, -0.05) is 0 Å². The molecule has 0 unspecified atom stereocenters. The fourth-order valence-electron chi connectivity index (χ4n) is 0.961. The molecule has 0 radical (unpaired) electrons. The van der Waals surface area contributed by atoms with Gasteiger partial charge in [-0.15, -0.1) is 0 Å². The normalized spacial score (nSPS) is 9.76. The van der Waals surface area contributed by atoms with Crippen LogP contribution in [0.3, 0.4) is 0 Å². The molecule has 0 fully saturated rings. The maximum Gasteiger partial charge on any atom is 0.322 e. The van der Waals surface area contributed by atoms with Crippen molar-refractivity contribution in [1.29, 1.82) is 0 Å². The van der Waals surface area contributed by atoms with Crippen molar-refractivity contribution in [2.75, 3.05) is 13.2 Å². The van der Waals surface area contributed by atoms with Crippen molar-refractivity contribution < 1.29 is 23.8 Å². The van der Waals surface area contributed by atoms with Crippen LogP contribution in [0, 0.1) is 5.82 Å². The van der Waals surface area contributed by atoms with Crippen LogP contribution in [-0.4, -0.2) is 30.1 Å². The molecule has 17 heavy (non-hydrogen) atoms. The Kier molecular flexibility index (Phi) is 4.89. The smallest absolute Gasteiger partial charge is 0.322 e. The zero-order valence-corrected chi connectivity index (χ0v) is 10.2. The number of halogens is 2. The summed E-state index contributed by atoms with van der Waals surface area (Å²) in [6.07, 6.45) is 0. The minimum atomic E-state index is -1.14. The Morgan fingerprint density at radius 1 is 1.47 bits per heavy atom. The van der Waals surface area contributed by atoms with E-state index < -0.39 is 24.2 Å². The molecule has 0 heterocycles. The first kappa shape index (κ1) is 13.4. The van der Waals surface area contributed by atoms with Crippen LogP contribution in [0.5, 0.6) is 5.75 Å². The number of rotatable bonds is 5. The molecule has 2 N–H and O–H groups in total. The zero-order valence-electron chi connectivity index (χ0n) is 8.57. The van der Waals surface area contributed by atoms with Crippen LogP contribution < -0.4 is 10.1 Å². The topological polar surface area (TPSA) is 75.6 Å². The number of carbonyl (C=O) groups is 2. The molecule has 0 saturated heterocycles. The SMILES string of the molecule is O=C(O)CNC(=O)COc1ccc(F)cc1Br. The Bertz CT molecular complexity index is 438. The number of aliphatic carboxylic acids is 1. The molecule has 0 spiro atoms. The average Bonchev–Trinajstić information content (AvgIpc) is 2.25. The van der Waals surface area contributed by atoms with Crippen LogP contribution in [0.1, 0.15) is 0 Å². The van der Waals surface area contributed by atoms with Gasteiger partial charge in [0.1, 0.15) is 18.1 Å². The van der Waals surface area contributed by atoms with E-state index in [-0.39, 0.29) is 6.61 Å². The largest absolute Gasteiger partial charge is 0.483 e. The van der Waals surface area contributed by atoms with E-state index in [2.05, 4.69) is 21.2 Å². The molecule has 0 aliphatic rings. The maximum absolute atomic E-state index is 12.7. The van der Waals surface area contributed by atoms with Gasteiger partial charge in [0.15, 0.2) is 6.61 Å². The zero-order chi connectivity index (χ0) is 12.8. The van der Waals surface area contributed by atoms with Crippen LogP contribution in [0.15, 0.2) is 22.7 Å². The van der Waals surface area contributed by atoms with Gasteiger partial charge in [-0.2, -0.15) is 0 Å². The number of hydrogen-bond acceptors (Lipinski definition) is 3. The van der Waals surface area contributed by atoms with Crippen LogP contribution in [0.2, 0.25) is 0 Å². The third-order valence-electron chi connectivity index (χ3n) is 1.69. The van der Waals surface area contributed by atoms with Gasteiger partial charge in [0.05, 0.1) is 4.47 Å². The second-order valence-electron chi connectivity index (χ2n) is 3.03. The van der Waals surface area contributed by atoms with Crippen LogP contribution in [0.25, 0.3) is 0 Å². The van der Waals surface area contributed by atoms with Crippen LogP contribution in [0.4, 0.5) is 4.39 Å². The van der Waals surface area contributed by atoms with Crippen molar-refractivity contribution in [3.05, 3.63) is 28.5 Å². The highest BCUT2D eigenvalue weighted by Gasteiger charge is 2.07. The third-order valence-corrected chi connectivity index (χ3v) is 2.31. The molecule has 0 saturated carbocycles. The lowest BCUT2D eigenvalue weighted by Crippen LogP contribution is -2.33. The van der Waals surface area contributed by atoms with E-state index in [0.29, 0.717) is 10.2 Å². The highest BCUT2D eigenvalue weighted by molar-refractivity contribution is 9.10. The molecule has 0 aliphatic heterocycles. The predicted molar refractivity (Wildman–Crippen MR) is 60.2 cm³/mol. The third kappa shape index (κ3) is 4.81. The van der Waals surface area contributed by atoms with Crippen molar-refractivity contribution in [1.82, 2.24) is 5.32 Å². The number of carboxylic acids is 1. The summed E-state index contributed by atoms with van der Waals surface area (Å²) in [5, 5.41) is 10.4. The number of hydrogen-bond donors (Lipinski definition) is 2. The standard InChI is InChI=1S/C10H9BrFNO4/c11-7-3-6(12)1-2-8(7)17-5-9(14)13-4-10(15)16/h1-3H,4-5H2,(H,13,14)(H,15,16). The van der Waals surface area contributed by atoms with Gasteiger partial charge in [-0.25, -0.2) is 4.39 Å². The summed E-state index contributed by atoms with van der Waals surface area (Å²) in [6, 6.07) is 3.75. The molecule has 0 aromatic heterocycles. The lowest BCUT2D eigenvalue weighted by molar-refractivity contribution is -0.138. The molecule has 0 aliphatic carbocycles. The Morgan fingerprint density at radius 3 is 2.76 bits per heavy atom. The summed E-state index contributed by atoms with van der Waals surface area (Å²) >= 11 is 3.07. The summed E-state index contributed by atoms with van der Waals surface area (Å²) in [5.74, 6) is -1.83. The molecular weight excluding hydrogens is 297 g/mol. The van der Waals surface area contributed by atoms with Gasteiger partial charge in [0.2, 0.25) is 0 Å². The van der Waals surface area contributed by atoms with Gasteiger partial charge in [-0.05, 0) is 34.1 Å². The Morgan fingerprint density at radius 2 is 2.18 bits per heavy atom. The lowest BCUT2D eigenvalue weighted by atomic mass is 10.3. The minimum absolute atomic E-state index is 0.303. The first-order valence-corrected chi connectivity index (χ1v) is 5.34. The van der Waals surface area contributed by atoms with E-state index in [1.807, 2.05) is 0 Å². The summed E-state index contributed by atoms with van der Waals surface area (Å²) in [6.45, 7) is -0.801. The van der Waals surface area contributed by atoms with Gasteiger partial charge in [0.25, 0.3) is 5.91 Å². The highest BCUT2D eigenvalue weighted by atomic mass is 79.9. The number of nitrogens with one attached hydrogen (secondary N) is 1. The van der Waals surface area contributed by atoms with E-state index in [0.717, 1.165) is 0 Å². The number of amides is 1. The van der Waals surface area contributed by atoms with Gasteiger partial charge >= 0.3 is 5.97 Å². The number of carbonyl (C=O) groups excluding carboxylic acids is 1. The first-order chi connectivity index (χ1) is 7.99. The molecule has 1 aromatic rings. The van der Waals surface area contributed by atoms with E-state index in [9.17, 15) is 14.0 Å². The summed E-state index contributed by atoms with van der Waals surface area (Å²) in [7, 11) is 0. The van der Waals surface area contributed by atoms with Crippen LogP contribution >= 0.6 is 15.9 Å². The number of carboxylic acid groups (broad SMARTS) is 1. The Labute approximate surface area is 105 Å². The Hall–Kier alpha value is -1.63. The van der Waals surface area contributed by atoms with Crippen molar-refractivity contribution in [2.45, 2.75) is 0 Å². The van der Waals surface area contributed by atoms with Gasteiger partial charge < -0.3 is 15.2 Å². The minimum Gasteiger partial charge on any atom is -0.483 e. The van der Waals surface area contributed by atoms with Gasteiger partial charge in [-0.3, -0.25) is 9.59 Å². The molecule has 0 bridgehead atoms. The molecular formula is C10H9BrFNO4. The highest BCUT2D eigenvalue weighted by Crippen LogP contribution is 2.25. The van der Waals surface area contributed by atoms with E-state index >= 15 is 0 Å². The number of ether oxygens (including phenoxy) is 1. The van der Waals surface area contributed by atoms with E-state index in [1.165, 1.54) is 18.2 Å². The van der Waals surface area contributed by atoms with Crippen molar-refractivity contribution in [3.8, 4) is 5.75 Å². The Balaban J connectivity index is 2.44. The number of benzene rings is 1. The molecule has 5 nitrogen and oxygen atoms in total. The monoisotopic (exact) mass is 305 g/mol. The lowest BCUT2D eigenvalue weighted by Gasteiger charge is -2.07. The molecule has 1 aromatic carbocycles. The fourth-order valence-corrected chi connectivity index (χ4v) is 1.43. The molecule has 7 heteroatoms. The first-order valence-electron chi connectivity index (χ1n) is 4.55. The molecule has 1 rings (SSSR count). The van der Waals surface area contributed by atoms with Gasteiger partial charge in [0, 0.05) is 0 Å². The fraction of sp³-hybridized carbons (Fsp3) is 0.200. The molecule has 0 atom stereocenters. The van der Waals surface area contributed by atoms with Crippen molar-refractivity contribution in [2.24, 2.45) is 0 Å². The molecule has 92 valence electrons. The predicted octanol–water partition coefficient (Wildman–Crippen LogP) is 1.17. The van der Waals surface area contributed by atoms with Crippen molar-refractivity contribution >= 4 is 27.8 Å². The van der Waals surface area contributed by atoms with Crippen molar-refractivity contribution in [3.63, 3.8) is 0 Å². The quantitative estimate of drug-likeness (QED) is 0.856. The summed E-state index contributed by atoms with van der Waals surface area (Å²) in [5.41, 5.74) is 0. The maximum atomic E-state index is 12.7. The second-order valence-corrected chi connectivity index (χ2v) is 3.89. The average molecular weight is 306 g/mol. The van der Waals surface area contributed by atoms with E-state index in [4.69, 9.17) is 9.84 Å². The summed E-state index contributed by atoms with van der Waals surface area (Å²) < 4.78 is 18.2. The summed E-state index contributed by atoms with van der Waals surface area (Å²) in [4.78, 5) is 21.3. The van der Waals surface area contributed by atoms with Crippen LogP contribution in [-0.2, 0) is 9.59 Å².